The molecule has 2 aromatic rings. The minimum absolute atomic E-state index is 0.101. The van der Waals surface area contributed by atoms with E-state index in [2.05, 4.69) is 5.32 Å². The van der Waals surface area contributed by atoms with E-state index in [4.69, 9.17) is 16.3 Å². The third-order valence-electron chi connectivity index (χ3n) is 5.55. The van der Waals surface area contributed by atoms with Crippen LogP contribution in [0.25, 0.3) is 0 Å². The van der Waals surface area contributed by atoms with Crippen molar-refractivity contribution in [3.05, 3.63) is 64.7 Å². The maximum Gasteiger partial charge on any atom is 0.223 e. The molecule has 0 radical (unpaired) electrons. The Morgan fingerprint density at radius 3 is 2.47 bits per heavy atom. The molecule has 0 spiro atoms. The highest BCUT2D eigenvalue weighted by molar-refractivity contribution is 7.89. The van der Waals surface area contributed by atoms with E-state index >= 15 is 0 Å². The van der Waals surface area contributed by atoms with Crippen LogP contribution < -0.4 is 10.1 Å². The lowest BCUT2D eigenvalue weighted by atomic mass is 10.1. The van der Waals surface area contributed by atoms with Crippen molar-refractivity contribution in [1.29, 1.82) is 0 Å². The Labute approximate surface area is 195 Å². The number of nitrogens with one attached hydrogen (secondary N) is 1. The number of sulfonamides is 1. The van der Waals surface area contributed by atoms with E-state index in [-0.39, 0.29) is 31.2 Å². The van der Waals surface area contributed by atoms with Crippen molar-refractivity contribution in [2.45, 2.75) is 19.4 Å². The summed E-state index contributed by atoms with van der Waals surface area (Å²) in [5, 5.41) is 3.72. The van der Waals surface area contributed by atoms with Crippen molar-refractivity contribution in [3.8, 4) is 5.75 Å². The number of methoxy groups -OCH3 is 1. The number of aryl methyl sites for hydroxylation is 1. The molecule has 0 bridgehead atoms. The van der Waals surface area contributed by atoms with Crippen molar-refractivity contribution < 1.29 is 17.9 Å². The molecular weight excluding hydrogens is 450 g/mol. The monoisotopic (exact) mass is 479 g/mol. The molecule has 32 heavy (non-hydrogen) atoms. The number of rotatable bonds is 10. The number of hydrogen-bond donors (Lipinski definition) is 1. The Bertz CT molecular complexity index is 993. The van der Waals surface area contributed by atoms with Gasteiger partial charge in [0.1, 0.15) is 5.75 Å². The van der Waals surface area contributed by atoms with Gasteiger partial charge in [-0.25, -0.2) is 8.42 Å². The second-order valence-electron chi connectivity index (χ2n) is 7.72. The first-order chi connectivity index (χ1) is 15.4. The minimum atomic E-state index is -3.44. The summed E-state index contributed by atoms with van der Waals surface area (Å²) in [4.78, 5) is 14.7. The van der Waals surface area contributed by atoms with Crippen LogP contribution in [0.1, 0.15) is 17.5 Å². The third kappa shape index (κ3) is 6.93. The van der Waals surface area contributed by atoms with Crippen molar-refractivity contribution in [2.24, 2.45) is 0 Å². The van der Waals surface area contributed by atoms with Crippen LogP contribution in [0.15, 0.2) is 48.5 Å². The van der Waals surface area contributed by atoms with Crippen molar-refractivity contribution in [1.82, 2.24) is 14.5 Å². The van der Waals surface area contributed by atoms with Gasteiger partial charge in [0.05, 0.1) is 12.9 Å². The number of halogens is 1. The molecule has 7 nitrogen and oxygen atoms in total. The average Bonchev–Trinajstić information content (AvgIpc) is 2.82. The first kappa shape index (κ1) is 24.5. The summed E-state index contributed by atoms with van der Waals surface area (Å²) >= 11 is 6.30. The standard InChI is InChI=1S/C23H30ClN3O4S/c1-31-21-9-6-19(7-10-21)8-11-23(28)26(18-20-4-2-3-5-22(20)24)16-17-32(29,30)27-14-12-25-13-15-27/h2-7,9-10,25H,8,11-18H2,1H3. The summed E-state index contributed by atoms with van der Waals surface area (Å²) in [7, 11) is -1.83. The number of benzene rings is 2. The molecule has 0 atom stereocenters. The number of hydrogen-bond acceptors (Lipinski definition) is 5. The zero-order valence-corrected chi connectivity index (χ0v) is 19.9. The van der Waals surface area contributed by atoms with Crippen LogP contribution in [0.3, 0.4) is 0 Å². The number of carbonyl (C=O) groups is 1. The predicted molar refractivity (Wildman–Crippen MR) is 126 cm³/mol. The second-order valence-corrected chi connectivity index (χ2v) is 10.2. The van der Waals surface area contributed by atoms with Crippen LogP contribution in [-0.2, 0) is 27.8 Å². The smallest absolute Gasteiger partial charge is 0.223 e. The van der Waals surface area contributed by atoms with Gasteiger partial charge in [0.2, 0.25) is 15.9 Å². The number of carbonyl (C=O) groups excluding carboxylic acids is 1. The molecule has 2 aromatic carbocycles. The van der Waals surface area contributed by atoms with Gasteiger partial charge < -0.3 is 15.0 Å². The SMILES string of the molecule is COc1ccc(CCC(=O)N(CCS(=O)(=O)N2CCNCC2)Cc2ccccc2Cl)cc1. The maximum atomic E-state index is 13.1. The number of piperazine rings is 1. The minimum Gasteiger partial charge on any atom is -0.497 e. The van der Waals surface area contributed by atoms with Crippen molar-refractivity contribution >= 4 is 27.5 Å². The summed E-state index contributed by atoms with van der Waals surface area (Å²) in [5.41, 5.74) is 1.82. The normalized spacial score (nSPS) is 14.8. The van der Waals surface area contributed by atoms with Crippen molar-refractivity contribution in [3.63, 3.8) is 0 Å². The molecule has 0 saturated carbocycles. The highest BCUT2D eigenvalue weighted by atomic mass is 35.5. The van der Waals surface area contributed by atoms with E-state index in [0.29, 0.717) is 37.6 Å². The fourth-order valence-electron chi connectivity index (χ4n) is 3.60. The van der Waals surface area contributed by atoms with E-state index in [1.807, 2.05) is 42.5 Å². The van der Waals surface area contributed by atoms with Gasteiger partial charge >= 0.3 is 0 Å². The number of nitrogens with zero attached hydrogens (tertiary/aromatic N) is 2. The maximum absolute atomic E-state index is 13.1. The molecule has 1 aliphatic heterocycles. The van der Waals surface area contributed by atoms with Crippen LogP contribution >= 0.6 is 11.6 Å². The second kappa shape index (κ2) is 11.7. The third-order valence-corrected chi connectivity index (χ3v) is 7.77. The van der Waals surface area contributed by atoms with Crippen LogP contribution in [0.2, 0.25) is 5.02 Å². The molecule has 0 aliphatic carbocycles. The summed E-state index contributed by atoms with van der Waals surface area (Å²) < 4.78 is 32.3. The van der Waals surface area contributed by atoms with E-state index < -0.39 is 10.0 Å². The quantitative estimate of drug-likeness (QED) is 0.566. The zero-order chi connectivity index (χ0) is 23.0. The van der Waals surface area contributed by atoms with Gasteiger partial charge in [0, 0.05) is 50.7 Å². The fraction of sp³-hybridized carbons (Fsp3) is 0.435. The van der Waals surface area contributed by atoms with Gasteiger partial charge in [-0.3, -0.25) is 4.79 Å². The van der Waals surface area contributed by atoms with E-state index in [9.17, 15) is 13.2 Å². The predicted octanol–water partition coefficient (Wildman–Crippen LogP) is 2.55. The van der Waals surface area contributed by atoms with E-state index in [1.165, 1.54) is 4.31 Å². The van der Waals surface area contributed by atoms with Crippen molar-refractivity contribution in [2.75, 3.05) is 45.6 Å². The van der Waals surface area contributed by atoms with Gasteiger partial charge in [-0.05, 0) is 35.7 Å². The first-order valence-electron chi connectivity index (χ1n) is 10.7. The molecular formula is C23H30ClN3O4S. The molecule has 1 amide bonds. The molecule has 1 saturated heterocycles. The summed E-state index contributed by atoms with van der Waals surface area (Å²) in [6.45, 7) is 2.60. The van der Waals surface area contributed by atoms with Gasteiger partial charge in [-0.1, -0.05) is 41.9 Å². The Balaban J connectivity index is 1.67. The summed E-state index contributed by atoms with van der Waals surface area (Å²) in [6.07, 6.45) is 0.844. The summed E-state index contributed by atoms with van der Waals surface area (Å²) in [6, 6.07) is 14.9. The van der Waals surface area contributed by atoms with Crippen LogP contribution in [0, 0.1) is 0 Å². The summed E-state index contributed by atoms with van der Waals surface area (Å²) in [5.74, 6) is 0.556. The van der Waals surface area contributed by atoms with Gasteiger partial charge in [-0.2, -0.15) is 4.31 Å². The number of amides is 1. The molecule has 1 heterocycles. The zero-order valence-electron chi connectivity index (χ0n) is 18.3. The molecule has 1 N–H and O–H groups in total. The lowest BCUT2D eigenvalue weighted by Crippen LogP contribution is -2.48. The van der Waals surface area contributed by atoms with E-state index in [0.717, 1.165) is 16.9 Å². The lowest BCUT2D eigenvalue weighted by molar-refractivity contribution is -0.131. The molecule has 0 unspecified atom stereocenters. The highest BCUT2D eigenvalue weighted by Gasteiger charge is 2.26. The van der Waals surface area contributed by atoms with E-state index in [1.54, 1.807) is 18.1 Å². The molecule has 9 heteroatoms. The number of ether oxygens (including phenoxy) is 1. The van der Waals surface area contributed by atoms with Gasteiger partial charge in [0.15, 0.2) is 0 Å². The Hall–Kier alpha value is -2.13. The topological polar surface area (TPSA) is 79.0 Å². The largest absolute Gasteiger partial charge is 0.497 e. The molecule has 1 fully saturated rings. The van der Waals surface area contributed by atoms with Gasteiger partial charge in [0.25, 0.3) is 0 Å². The highest BCUT2D eigenvalue weighted by Crippen LogP contribution is 2.19. The van der Waals surface area contributed by atoms with Gasteiger partial charge in [-0.15, -0.1) is 0 Å². The lowest BCUT2D eigenvalue weighted by Gasteiger charge is -2.29. The molecule has 3 rings (SSSR count). The Morgan fingerprint density at radius 1 is 1.12 bits per heavy atom. The van der Waals surface area contributed by atoms with Crippen LogP contribution in [0.4, 0.5) is 0 Å². The van der Waals surface area contributed by atoms with Crippen LogP contribution in [-0.4, -0.2) is 69.1 Å². The first-order valence-corrected chi connectivity index (χ1v) is 12.7. The molecule has 174 valence electrons. The average molecular weight is 480 g/mol. The Morgan fingerprint density at radius 2 is 1.81 bits per heavy atom. The van der Waals surface area contributed by atoms with Crippen LogP contribution in [0.5, 0.6) is 5.75 Å². The molecule has 1 aliphatic rings. The fourth-order valence-corrected chi connectivity index (χ4v) is 5.25. The Kier molecular flexibility index (Phi) is 8.92. The molecule has 0 aromatic heterocycles.